The van der Waals surface area contributed by atoms with Crippen LogP contribution in [0.2, 0.25) is 0 Å². The number of aromatic nitrogens is 1. The molecule has 0 radical (unpaired) electrons. The highest BCUT2D eigenvalue weighted by atomic mass is 16.5. The van der Waals surface area contributed by atoms with Gasteiger partial charge in [0.2, 0.25) is 0 Å². The summed E-state index contributed by atoms with van der Waals surface area (Å²) in [5, 5.41) is 13.0. The molecule has 36 heavy (non-hydrogen) atoms. The topological polar surface area (TPSA) is 51.5 Å². The Hall–Kier alpha value is -4.31. The van der Waals surface area contributed by atoms with E-state index in [0.717, 1.165) is 23.2 Å². The van der Waals surface area contributed by atoms with Crippen molar-refractivity contribution in [2.75, 3.05) is 7.11 Å². The van der Waals surface area contributed by atoms with Crippen LogP contribution >= 0.6 is 0 Å². The highest BCUT2D eigenvalue weighted by molar-refractivity contribution is 6.08. The highest BCUT2D eigenvalue weighted by Gasteiger charge is 2.33. The molecular formula is C32H27NO3. The molecular weight excluding hydrogens is 446 g/mol. The number of esters is 1. The van der Waals surface area contributed by atoms with Crippen LogP contribution in [0, 0.1) is 0 Å². The van der Waals surface area contributed by atoms with Crippen molar-refractivity contribution in [3.63, 3.8) is 0 Å². The summed E-state index contributed by atoms with van der Waals surface area (Å²) >= 11 is 0. The van der Waals surface area contributed by atoms with Gasteiger partial charge in [-0.2, -0.15) is 0 Å². The molecule has 0 spiro atoms. The van der Waals surface area contributed by atoms with E-state index >= 15 is 0 Å². The van der Waals surface area contributed by atoms with E-state index in [1.54, 1.807) is 6.07 Å². The molecule has 0 saturated heterocycles. The van der Waals surface area contributed by atoms with E-state index < -0.39 is 5.97 Å². The number of nitrogens with zero attached hydrogens (tertiary/aromatic N) is 1. The number of phenols is 1. The lowest BCUT2D eigenvalue weighted by atomic mass is 9.71. The highest BCUT2D eigenvalue weighted by Crippen LogP contribution is 2.47. The van der Waals surface area contributed by atoms with Gasteiger partial charge in [0.15, 0.2) is 0 Å². The van der Waals surface area contributed by atoms with Gasteiger partial charge >= 0.3 is 5.97 Å². The van der Waals surface area contributed by atoms with Gasteiger partial charge in [-0.3, -0.25) is 0 Å². The number of benzene rings is 4. The van der Waals surface area contributed by atoms with Gasteiger partial charge < -0.3 is 14.4 Å². The van der Waals surface area contributed by atoms with Crippen molar-refractivity contribution in [3.05, 3.63) is 119 Å². The first-order valence-corrected chi connectivity index (χ1v) is 12.3. The van der Waals surface area contributed by atoms with Gasteiger partial charge in [0.05, 0.1) is 7.11 Å². The number of aromatic hydroxyl groups is 1. The van der Waals surface area contributed by atoms with Crippen LogP contribution in [0.4, 0.5) is 0 Å². The Morgan fingerprint density at radius 3 is 2.42 bits per heavy atom. The molecule has 4 heteroatoms. The number of phenolic OH excluding ortho intramolecular Hbond substituents is 1. The number of allylic oxidation sites excluding steroid dienone is 1. The van der Waals surface area contributed by atoms with E-state index in [1.165, 1.54) is 34.5 Å². The Bertz CT molecular complexity index is 1650. The second kappa shape index (κ2) is 8.72. The first kappa shape index (κ1) is 22.2. The normalized spacial score (nSPS) is 16.8. The van der Waals surface area contributed by atoms with Crippen LogP contribution in [-0.2, 0) is 11.3 Å². The summed E-state index contributed by atoms with van der Waals surface area (Å²) in [5.74, 6) is -0.563. The minimum absolute atomic E-state index is 0.0212. The average molecular weight is 474 g/mol. The Morgan fingerprint density at radius 2 is 1.64 bits per heavy atom. The van der Waals surface area contributed by atoms with Crippen molar-refractivity contribution in [3.8, 4) is 5.75 Å². The minimum atomic E-state index is -0.534. The molecule has 2 unspecified atom stereocenters. The zero-order valence-corrected chi connectivity index (χ0v) is 20.3. The zero-order chi connectivity index (χ0) is 24.8. The quantitative estimate of drug-likeness (QED) is 0.280. The molecule has 0 bridgehead atoms. The van der Waals surface area contributed by atoms with Gasteiger partial charge in [0.1, 0.15) is 11.3 Å². The van der Waals surface area contributed by atoms with E-state index in [0.29, 0.717) is 0 Å². The summed E-state index contributed by atoms with van der Waals surface area (Å²) < 4.78 is 7.38. The Labute approximate surface area is 210 Å². The Morgan fingerprint density at radius 1 is 0.889 bits per heavy atom. The molecule has 0 fully saturated rings. The van der Waals surface area contributed by atoms with E-state index in [4.69, 9.17) is 4.74 Å². The van der Waals surface area contributed by atoms with Gasteiger partial charge in [0, 0.05) is 40.2 Å². The first-order chi connectivity index (χ1) is 17.6. The Balaban J connectivity index is 1.58. The minimum Gasteiger partial charge on any atom is -0.507 e. The third kappa shape index (κ3) is 3.33. The van der Waals surface area contributed by atoms with Gasteiger partial charge in [-0.25, -0.2) is 4.79 Å². The number of hydrogen-bond acceptors (Lipinski definition) is 3. The van der Waals surface area contributed by atoms with Crippen LogP contribution in [0.3, 0.4) is 0 Å². The van der Waals surface area contributed by atoms with E-state index in [1.807, 2.05) is 30.3 Å². The molecule has 6 rings (SSSR count). The number of aryl methyl sites for hydroxylation is 1. The first-order valence-electron chi connectivity index (χ1n) is 12.3. The molecule has 0 aliphatic heterocycles. The van der Waals surface area contributed by atoms with Crippen LogP contribution in [0.15, 0.2) is 91.0 Å². The molecule has 4 aromatic carbocycles. The van der Waals surface area contributed by atoms with Gasteiger partial charge in [-0.1, -0.05) is 78.9 Å². The maximum atomic E-state index is 12.6. The van der Waals surface area contributed by atoms with Gasteiger partial charge in [0.25, 0.3) is 0 Å². The largest absolute Gasteiger partial charge is 0.507 e. The number of ether oxygens (including phenoxy) is 1. The number of carbonyl (C=O) groups excluding carboxylic acids is 1. The number of hydrogen-bond donors (Lipinski definition) is 1. The predicted molar refractivity (Wildman–Crippen MR) is 145 cm³/mol. The fourth-order valence-corrected chi connectivity index (χ4v) is 5.86. The van der Waals surface area contributed by atoms with Crippen LogP contribution in [0.25, 0.3) is 27.9 Å². The van der Waals surface area contributed by atoms with Gasteiger partial charge in [-0.15, -0.1) is 0 Å². The fraction of sp³-hybridized carbons (Fsp3) is 0.156. The van der Waals surface area contributed by atoms with Crippen molar-refractivity contribution in [1.82, 2.24) is 4.57 Å². The second-order valence-electron chi connectivity index (χ2n) is 9.27. The molecule has 1 aliphatic carbocycles. The lowest BCUT2D eigenvalue weighted by molar-refractivity contribution is 0.0597. The van der Waals surface area contributed by atoms with Crippen molar-refractivity contribution < 1.29 is 14.6 Å². The summed E-state index contributed by atoms with van der Waals surface area (Å²) in [7, 11) is 1.34. The lowest BCUT2D eigenvalue weighted by Gasteiger charge is -2.32. The molecule has 0 amide bonds. The summed E-state index contributed by atoms with van der Waals surface area (Å²) in [6, 6.07) is 29.3. The number of methoxy groups -OCH3 is 1. The van der Waals surface area contributed by atoms with Crippen molar-refractivity contribution in [2.45, 2.75) is 25.3 Å². The summed E-state index contributed by atoms with van der Waals surface area (Å²) in [6.07, 6.45) is 4.12. The Kier molecular flexibility index (Phi) is 5.37. The monoisotopic (exact) mass is 473 g/mol. The molecule has 4 nitrogen and oxygen atoms in total. The maximum Gasteiger partial charge on any atom is 0.342 e. The zero-order valence-electron chi connectivity index (χ0n) is 20.3. The molecule has 1 heterocycles. The molecule has 1 aromatic heterocycles. The van der Waals surface area contributed by atoms with Crippen molar-refractivity contribution in [2.24, 2.45) is 0 Å². The van der Waals surface area contributed by atoms with E-state index in [9.17, 15) is 9.90 Å². The number of carbonyl (C=O) groups is 1. The summed E-state index contributed by atoms with van der Waals surface area (Å²) in [5.41, 5.74) is 6.78. The third-order valence-corrected chi connectivity index (χ3v) is 7.47. The molecule has 1 aliphatic rings. The summed E-state index contributed by atoms with van der Waals surface area (Å²) in [4.78, 5) is 12.6. The van der Waals surface area contributed by atoms with Crippen LogP contribution in [0.5, 0.6) is 5.75 Å². The van der Waals surface area contributed by atoms with E-state index in [-0.39, 0.29) is 23.1 Å². The SMILES string of the molecule is CCn1c2ccccc2c2ccc(C3C=Cc4c(ccc(O)c4C(=O)OC)C3c3ccccc3)cc21. The number of para-hydroxylation sites is 1. The number of fused-ring (bicyclic) bond motifs is 4. The molecule has 178 valence electrons. The fourth-order valence-electron chi connectivity index (χ4n) is 5.86. The lowest BCUT2D eigenvalue weighted by Crippen LogP contribution is -2.18. The van der Waals surface area contributed by atoms with E-state index in [2.05, 4.69) is 72.2 Å². The van der Waals surface area contributed by atoms with Crippen LogP contribution in [-0.4, -0.2) is 22.8 Å². The predicted octanol–water partition coefficient (Wildman–Crippen LogP) is 7.25. The average Bonchev–Trinajstić information content (AvgIpc) is 3.25. The van der Waals surface area contributed by atoms with Crippen molar-refractivity contribution >= 4 is 33.9 Å². The van der Waals surface area contributed by atoms with Gasteiger partial charge in [-0.05, 0) is 47.4 Å². The molecule has 0 saturated carbocycles. The summed E-state index contributed by atoms with van der Waals surface area (Å²) in [6.45, 7) is 3.07. The van der Waals surface area contributed by atoms with Crippen LogP contribution in [0.1, 0.15) is 51.4 Å². The molecule has 5 aromatic rings. The van der Waals surface area contributed by atoms with Crippen molar-refractivity contribution in [1.29, 1.82) is 0 Å². The van der Waals surface area contributed by atoms with Crippen LogP contribution < -0.4 is 0 Å². The smallest absolute Gasteiger partial charge is 0.342 e. The number of rotatable bonds is 4. The molecule has 2 atom stereocenters. The second-order valence-corrected chi connectivity index (χ2v) is 9.27. The standard InChI is InChI=1S/C32H27NO3/c1-3-33-27-12-8-7-11-23(27)24-14-13-21(19-28(24)33)22-15-16-26-25(30(22)20-9-5-4-6-10-20)17-18-29(34)31(26)32(35)36-2/h4-19,22,30,34H,3H2,1-2H3. The molecule has 1 N–H and O–H groups in total. The third-order valence-electron chi connectivity index (χ3n) is 7.47. The maximum absolute atomic E-state index is 12.6.